The van der Waals surface area contributed by atoms with E-state index in [1.54, 1.807) is 0 Å². The third kappa shape index (κ3) is 5.26. The first kappa shape index (κ1) is 21.3. The van der Waals surface area contributed by atoms with Gasteiger partial charge in [0.25, 0.3) is 5.91 Å². The smallest absolute Gasteiger partial charge is 0.341 e. The quantitative estimate of drug-likeness (QED) is 0.737. The molecule has 0 saturated heterocycles. The first-order valence-corrected chi connectivity index (χ1v) is 10.3. The van der Waals surface area contributed by atoms with Crippen molar-refractivity contribution in [1.29, 1.82) is 0 Å². The molecule has 1 aliphatic carbocycles. The highest BCUT2D eigenvalue weighted by molar-refractivity contribution is 7.89. The number of carbonyl (C=O) groups is 2. The zero-order valence-corrected chi connectivity index (χ0v) is 16.5. The number of nitrogens with one attached hydrogen (secondary N) is 1. The number of amides is 1. The number of hydrogen-bond donors (Lipinski definition) is 1. The Morgan fingerprint density at radius 2 is 1.93 bits per heavy atom. The van der Waals surface area contributed by atoms with Crippen molar-refractivity contribution in [3.8, 4) is 0 Å². The van der Waals surface area contributed by atoms with Crippen molar-refractivity contribution >= 4 is 21.9 Å². The molecule has 0 aliphatic heterocycles. The van der Waals surface area contributed by atoms with Crippen molar-refractivity contribution < 1.29 is 27.1 Å². The molecule has 150 valence electrons. The summed E-state index contributed by atoms with van der Waals surface area (Å²) < 4.78 is 44.0. The number of rotatable bonds is 6. The highest BCUT2D eigenvalue weighted by Gasteiger charge is 2.25. The monoisotopic (exact) mass is 400 g/mol. The van der Waals surface area contributed by atoms with Gasteiger partial charge in [0.15, 0.2) is 6.61 Å². The van der Waals surface area contributed by atoms with E-state index in [2.05, 4.69) is 12.2 Å². The van der Waals surface area contributed by atoms with Gasteiger partial charge in [0.05, 0.1) is 10.5 Å². The van der Waals surface area contributed by atoms with Crippen LogP contribution in [0.5, 0.6) is 0 Å². The van der Waals surface area contributed by atoms with E-state index < -0.39 is 39.9 Å². The highest BCUT2D eigenvalue weighted by atomic mass is 32.2. The van der Waals surface area contributed by atoms with Crippen LogP contribution in [0.1, 0.15) is 43.0 Å². The van der Waals surface area contributed by atoms with Crippen LogP contribution >= 0.6 is 0 Å². The topological polar surface area (TPSA) is 92.8 Å². The lowest BCUT2D eigenvalue weighted by atomic mass is 9.86. The lowest BCUT2D eigenvalue weighted by Crippen LogP contribution is -2.42. The SMILES string of the molecule is C[C@H]1CCCC[C@@H]1NC(=O)COC(=O)c1cc(S(=O)(=O)N(C)C)ccc1F. The Morgan fingerprint density at radius 3 is 2.56 bits per heavy atom. The van der Waals surface area contributed by atoms with Crippen LogP contribution in [-0.4, -0.2) is 51.3 Å². The van der Waals surface area contributed by atoms with E-state index in [4.69, 9.17) is 4.74 Å². The molecule has 27 heavy (non-hydrogen) atoms. The second-order valence-corrected chi connectivity index (χ2v) is 9.09. The fourth-order valence-electron chi connectivity index (χ4n) is 3.02. The van der Waals surface area contributed by atoms with Gasteiger partial charge in [-0.3, -0.25) is 4.79 Å². The molecule has 1 N–H and O–H groups in total. The number of halogens is 1. The molecule has 0 heterocycles. The number of sulfonamides is 1. The maximum atomic E-state index is 13.9. The summed E-state index contributed by atoms with van der Waals surface area (Å²) in [4.78, 5) is 23.9. The third-order valence-corrected chi connectivity index (χ3v) is 6.54. The van der Waals surface area contributed by atoms with Crippen LogP contribution < -0.4 is 5.32 Å². The van der Waals surface area contributed by atoms with Crippen LogP contribution in [0, 0.1) is 11.7 Å². The number of benzene rings is 1. The van der Waals surface area contributed by atoms with E-state index in [-0.39, 0.29) is 10.9 Å². The summed E-state index contributed by atoms with van der Waals surface area (Å²) in [6.07, 6.45) is 4.07. The molecule has 2 rings (SSSR count). The number of carbonyl (C=O) groups excluding carboxylic acids is 2. The Bertz CT molecular complexity index is 810. The van der Waals surface area contributed by atoms with E-state index in [0.29, 0.717) is 5.92 Å². The maximum Gasteiger partial charge on any atom is 0.341 e. The van der Waals surface area contributed by atoms with Crippen LogP contribution in [0.4, 0.5) is 4.39 Å². The highest BCUT2D eigenvalue weighted by Crippen LogP contribution is 2.23. The predicted molar refractivity (Wildman–Crippen MR) is 97.1 cm³/mol. The average Bonchev–Trinajstić information content (AvgIpc) is 2.61. The lowest BCUT2D eigenvalue weighted by molar-refractivity contribution is -0.125. The third-order valence-electron chi connectivity index (χ3n) is 4.73. The van der Waals surface area contributed by atoms with E-state index in [0.717, 1.165) is 48.2 Å². The van der Waals surface area contributed by atoms with Gasteiger partial charge < -0.3 is 10.1 Å². The van der Waals surface area contributed by atoms with Crippen LogP contribution in [0.2, 0.25) is 0 Å². The molecule has 1 fully saturated rings. The molecule has 0 spiro atoms. The Hall–Kier alpha value is -2.00. The minimum atomic E-state index is -3.83. The molecular formula is C18H25FN2O5S. The molecule has 2 atom stereocenters. The molecule has 0 aromatic heterocycles. The van der Waals surface area contributed by atoms with E-state index in [1.165, 1.54) is 14.1 Å². The van der Waals surface area contributed by atoms with E-state index in [1.807, 2.05) is 0 Å². The second kappa shape index (κ2) is 8.79. The lowest BCUT2D eigenvalue weighted by Gasteiger charge is -2.29. The van der Waals surface area contributed by atoms with Gasteiger partial charge in [-0.05, 0) is 37.0 Å². The summed E-state index contributed by atoms with van der Waals surface area (Å²) in [6, 6.07) is 2.90. The molecule has 1 saturated carbocycles. The molecule has 0 unspecified atom stereocenters. The summed E-state index contributed by atoms with van der Waals surface area (Å²) in [6.45, 7) is 1.51. The molecule has 7 nitrogen and oxygen atoms in total. The summed E-state index contributed by atoms with van der Waals surface area (Å²) in [5, 5.41) is 2.83. The molecule has 1 amide bonds. The van der Waals surface area contributed by atoms with Crippen LogP contribution in [0.15, 0.2) is 23.1 Å². The van der Waals surface area contributed by atoms with Crippen molar-refractivity contribution in [3.63, 3.8) is 0 Å². The number of nitrogens with zero attached hydrogens (tertiary/aromatic N) is 1. The minimum Gasteiger partial charge on any atom is -0.452 e. The van der Waals surface area contributed by atoms with Gasteiger partial charge in [-0.25, -0.2) is 21.9 Å². The van der Waals surface area contributed by atoms with Gasteiger partial charge in [-0.15, -0.1) is 0 Å². The van der Waals surface area contributed by atoms with Gasteiger partial charge in [0.1, 0.15) is 5.82 Å². The zero-order chi connectivity index (χ0) is 20.2. The number of esters is 1. The summed E-state index contributed by atoms with van der Waals surface area (Å²) in [5.74, 6) is -2.11. The van der Waals surface area contributed by atoms with E-state index >= 15 is 0 Å². The molecule has 0 radical (unpaired) electrons. The standard InChI is InChI=1S/C18H25FN2O5S/c1-12-6-4-5-7-16(12)20-17(22)11-26-18(23)14-10-13(8-9-15(14)19)27(24,25)21(2)3/h8-10,12,16H,4-7,11H2,1-3H3,(H,20,22)/t12-,16-/m0/s1. The molecule has 1 aliphatic rings. The second-order valence-electron chi connectivity index (χ2n) is 6.94. The molecule has 9 heteroatoms. The van der Waals surface area contributed by atoms with Gasteiger partial charge in [-0.2, -0.15) is 0 Å². The Kier molecular flexibility index (Phi) is 6.94. The van der Waals surface area contributed by atoms with Crippen molar-refractivity contribution in [2.45, 2.75) is 43.5 Å². The first-order chi connectivity index (χ1) is 12.6. The Labute approximate surface area is 158 Å². The summed E-state index contributed by atoms with van der Waals surface area (Å²) in [5.41, 5.74) is -0.531. The van der Waals surface area contributed by atoms with Crippen LogP contribution in [-0.2, 0) is 19.6 Å². The van der Waals surface area contributed by atoms with Crippen molar-refractivity contribution in [2.24, 2.45) is 5.92 Å². The maximum absolute atomic E-state index is 13.9. The normalized spacial score (nSPS) is 20.3. The number of ether oxygens (including phenoxy) is 1. The minimum absolute atomic E-state index is 0.0373. The van der Waals surface area contributed by atoms with E-state index in [9.17, 15) is 22.4 Å². The van der Waals surface area contributed by atoms with Gasteiger partial charge >= 0.3 is 5.97 Å². The fraction of sp³-hybridized carbons (Fsp3) is 0.556. The number of hydrogen-bond acceptors (Lipinski definition) is 5. The first-order valence-electron chi connectivity index (χ1n) is 8.81. The molecule has 1 aromatic carbocycles. The fourth-order valence-corrected chi connectivity index (χ4v) is 3.95. The Morgan fingerprint density at radius 1 is 1.26 bits per heavy atom. The van der Waals surface area contributed by atoms with Crippen molar-refractivity contribution in [3.05, 3.63) is 29.6 Å². The van der Waals surface area contributed by atoms with Gasteiger partial charge in [0.2, 0.25) is 10.0 Å². The van der Waals surface area contributed by atoms with Crippen LogP contribution in [0.3, 0.4) is 0 Å². The van der Waals surface area contributed by atoms with Gasteiger partial charge in [-0.1, -0.05) is 19.8 Å². The van der Waals surface area contributed by atoms with Gasteiger partial charge in [0, 0.05) is 20.1 Å². The zero-order valence-electron chi connectivity index (χ0n) is 15.7. The molecule has 1 aromatic rings. The average molecular weight is 400 g/mol. The predicted octanol–water partition coefficient (Wildman–Crippen LogP) is 1.93. The summed E-state index contributed by atoms with van der Waals surface area (Å²) in [7, 11) is -1.17. The van der Waals surface area contributed by atoms with Crippen molar-refractivity contribution in [2.75, 3.05) is 20.7 Å². The van der Waals surface area contributed by atoms with Crippen LogP contribution in [0.25, 0.3) is 0 Å². The summed E-state index contributed by atoms with van der Waals surface area (Å²) >= 11 is 0. The largest absolute Gasteiger partial charge is 0.452 e. The Balaban J connectivity index is 2.02. The molecular weight excluding hydrogens is 375 g/mol. The van der Waals surface area contributed by atoms with Crippen molar-refractivity contribution in [1.82, 2.24) is 9.62 Å². The molecule has 0 bridgehead atoms.